The summed E-state index contributed by atoms with van der Waals surface area (Å²) in [5.74, 6) is -0.316. The monoisotopic (exact) mass is 386 g/mol. The Hall–Kier alpha value is -3.31. The number of hydrogen-bond acceptors (Lipinski definition) is 4. The number of nitrogens with zero attached hydrogens (tertiary/aromatic N) is 1. The van der Waals surface area contributed by atoms with Crippen molar-refractivity contribution in [2.24, 2.45) is 5.10 Å². The van der Waals surface area contributed by atoms with Crippen molar-refractivity contribution in [3.63, 3.8) is 0 Å². The zero-order valence-electron chi connectivity index (χ0n) is 15.1. The van der Waals surface area contributed by atoms with Crippen molar-refractivity contribution < 1.29 is 9.59 Å². The number of rotatable bonds is 6. The van der Waals surface area contributed by atoms with Crippen LogP contribution < -0.4 is 5.43 Å². The molecule has 4 aromatic rings. The van der Waals surface area contributed by atoms with Crippen molar-refractivity contribution in [2.45, 2.75) is 12.8 Å². The van der Waals surface area contributed by atoms with Crippen molar-refractivity contribution in [3.05, 3.63) is 83.2 Å². The standard InChI is InChI=1S/C23H18N2O2S/c26-21(20-10-5-7-16-6-1-2-8-18(16)20)12-13-23(27)25-24-14-17-15-28-22-11-4-3-9-19(17)22/h1-11,14-15H,12-13H2,(H,25,27)/b24-14+. The van der Waals surface area contributed by atoms with Gasteiger partial charge in [-0.15, -0.1) is 11.3 Å². The fraction of sp³-hybridized carbons (Fsp3) is 0.0870. The third-order valence-electron chi connectivity index (χ3n) is 4.57. The maximum atomic E-state index is 12.6. The number of fused-ring (bicyclic) bond motifs is 2. The third-order valence-corrected chi connectivity index (χ3v) is 5.55. The number of benzene rings is 3. The van der Waals surface area contributed by atoms with Crippen LogP contribution in [0.2, 0.25) is 0 Å². The molecule has 138 valence electrons. The van der Waals surface area contributed by atoms with Gasteiger partial charge in [-0.3, -0.25) is 9.59 Å². The Morgan fingerprint density at radius 2 is 1.64 bits per heavy atom. The van der Waals surface area contributed by atoms with Crippen LogP contribution in [-0.4, -0.2) is 17.9 Å². The number of ketones is 1. The van der Waals surface area contributed by atoms with Gasteiger partial charge in [-0.1, -0.05) is 60.7 Å². The molecule has 0 fully saturated rings. The first kappa shape index (κ1) is 18.1. The van der Waals surface area contributed by atoms with Crippen molar-refractivity contribution in [3.8, 4) is 0 Å². The fourth-order valence-electron chi connectivity index (χ4n) is 3.16. The number of carbonyl (C=O) groups is 2. The fourth-order valence-corrected chi connectivity index (χ4v) is 4.07. The van der Waals surface area contributed by atoms with Crippen LogP contribution in [0, 0.1) is 0 Å². The summed E-state index contributed by atoms with van der Waals surface area (Å²) in [5, 5.41) is 9.08. The highest BCUT2D eigenvalue weighted by Crippen LogP contribution is 2.24. The molecule has 4 rings (SSSR count). The molecule has 1 heterocycles. The van der Waals surface area contributed by atoms with Gasteiger partial charge in [-0.05, 0) is 16.8 Å². The summed E-state index contributed by atoms with van der Waals surface area (Å²) in [6, 6.07) is 21.5. The molecule has 0 saturated carbocycles. The summed E-state index contributed by atoms with van der Waals surface area (Å²) in [4.78, 5) is 24.6. The van der Waals surface area contributed by atoms with Crippen LogP contribution in [0.25, 0.3) is 20.9 Å². The van der Waals surface area contributed by atoms with Crippen molar-refractivity contribution in [1.29, 1.82) is 0 Å². The van der Waals surface area contributed by atoms with E-state index in [2.05, 4.69) is 16.6 Å². The number of hydrogen-bond donors (Lipinski definition) is 1. The van der Waals surface area contributed by atoms with E-state index in [1.165, 1.54) is 4.70 Å². The number of Topliss-reactive ketones (excluding diaryl/α,β-unsaturated/α-hetero) is 1. The van der Waals surface area contributed by atoms with Crippen molar-refractivity contribution in [1.82, 2.24) is 5.43 Å². The number of amides is 1. The SMILES string of the molecule is O=C(CCC(=O)c1cccc2ccccc12)N/N=C/c1csc2ccccc12. The lowest BCUT2D eigenvalue weighted by molar-refractivity contribution is -0.121. The predicted molar refractivity (Wildman–Crippen MR) is 115 cm³/mol. The summed E-state index contributed by atoms with van der Waals surface area (Å²) < 4.78 is 1.18. The summed E-state index contributed by atoms with van der Waals surface area (Å²) in [6.45, 7) is 0. The number of nitrogens with one attached hydrogen (secondary N) is 1. The topological polar surface area (TPSA) is 58.5 Å². The summed E-state index contributed by atoms with van der Waals surface area (Å²) in [6.07, 6.45) is 1.89. The molecular weight excluding hydrogens is 368 g/mol. The molecule has 0 atom stereocenters. The van der Waals surface area contributed by atoms with Gasteiger partial charge in [0.25, 0.3) is 0 Å². The van der Waals surface area contributed by atoms with Crippen molar-refractivity contribution in [2.75, 3.05) is 0 Å². The number of carbonyl (C=O) groups excluding carboxylic acids is 2. The van der Waals surface area contributed by atoms with Gasteiger partial charge in [0.1, 0.15) is 0 Å². The average molecular weight is 386 g/mol. The Labute approximate surface area is 166 Å². The lowest BCUT2D eigenvalue weighted by Crippen LogP contribution is -2.18. The van der Waals surface area contributed by atoms with Gasteiger partial charge in [0.05, 0.1) is 6.21 Å². The van der Waals surface area contributed by atoms with Gasteiger partial charge < -0.3 is 0 Å². The summed E-state index contributed by atoms with van der Waals surface area (Å²) in [7, 11) is 0. The second-order valence-corrected chi connectivity index (χ2v) is 7.34. The Bertz CT molecular complexity index is 1190. The molecular formula is C23H18N2O2S. The van der Waals surface area contributed by atoms with Gasteiger partial charge >= 0.3 is 0 Å². The normalized spacial score (nSPS) is 11.3. The van der Waals surface area contributed by atoms with Crippen molar-refractivity contribution >= 4 is 50.1 Å². The largest absolute Gasteiger partial charge is 0.294 e. The van der Waals surface area contributed by atoms with Crippen LogP contribution in [0.15, 0.2) is 77.2 Å². The quantitative estimate of drug-likeness (QED) is 0.282. The molecule has 1 N–H and O–H groups in total. The highest BCUT2D eigenvalue weighted by molar-refractivity contribution is 7.17. The average Bonchev–Trinajstić information content (AvgIpc) is 3.15. The van der Waals surface area contributed by atoms with Crippen LogP contribution in [0.1, 0.15) is 28.8 Å². The molecule has 0 bridgehead atoms. The zero-order valence-corrected chi connectivity index (χ0v) is 15.9. The van der Waals surface area contributed by atoms with Gasteiger partial charge in [0.15, 0.2) is 5.78 Å². The Kier molecular flexibility index (Phi) is 5.26. The lowest BCUT2D eigenvalue weighted by Gasteiger charge is -2.05. The van der Waals surface area contributed by atoms with Crippen LogP contribution in [0.5, 0.6) is 0 Å². The highest BCUT2D eigenvalue weighted by Gasteiger charge is 2.12. The lowest BCUT2D eigenvalue weighted by atomic mass is 9.99. The number of thiophene rings is 1. The van der Waals surface area contributed by atoms with E-state index in [0.29, 0.717) is 5.56 Å². The third kappa shape index (κ3) is 3.85. The zero-order chi connectivity index (χ0) is 19.3. The van der Waals surface area contributed by atoms with Gasteiger partial charge in [0.2, 0.25) is 5.91 Å². The molecule has 0 aliphatic rings. The van der Waals surface area contributed by atoms with E-state index in [0.717, 1.165) is 21.7 Å². The van der Waals surface area contributed by atoms with Crippen LogP contribution in [0.4, 0.5) is 0 Å². The first-order valence-corrected chi connectivity index (χ1v) is 9.89. The van der Waals surface area contributed by atoms with E-state index in [9.17, 15) is 9.59 Å². The Balaban J connectivity index is 1.36. The maximum absolute atomic E-state index is 12.6. The molecule has 5 heteroatoms. The molecule has 1 amide bonds. The smallest absolute Gasteiger partial charge is 0.240 e. The van der Waals surface area contributed by atoms with Gasteiger partial charge in [0, 0.05) is 39.4 Å². The predicted octanol–water partition coefficient (Wildman–Crippen LogP) is 5.17. The van der Waals surface area contributed by atoms with Crippen LogP contribution in [0.3, 0.4) is 0 Å². The molecule has 3 aromatic carbocycles. The molecule has 0 aliphatic heterocycles. The molecule has 0 radical (unpaired) electrons. The van der Waals surface area contributed by atoms with Crippen LogP contribution >= 0.6 is 11.3 Å². The molecule has 1 aromatic heterocycles. The minimum absolute atomic E-state index is 0.0419. The second kappa shape index (κ2) is 8.15. The minimum Gasteiger partial charge on any atom is -0.294 e. The Morgan fingerprint density at radius 3 is 2.54 bits per heavy atom. The summed E-state index contributed by atoms with van der Waals surface area (Å²) >= 11 is 1.64. The Morgan fingerprint density at radius 1 is 0.893 bits per heavy atom. The first-order valence-electron chi connectivity index (χ1n) is 9.01. The minimum atomic E-state index is -0.274. The highest BCUT2D eigenvalue weighted by atomic mass is 32.1. The van der Waals surface area contributed by atoms with Crippen LogP contribution in [-0.2, 0) is 4.79 Å². The molecule has 0 aliphatic carbocycles. The van der Waals surface area contributed by atoms with E-state index >= 15 is 0 Å². The van der Waals surface area contributed by atoms with E-state index < -0.39 is 0 Å². The van der Waals surface area contributed by atoms with Gasteiger partial charge in [-0.2, -0.15) is 5.10 Å². The molecule has 0 saturated heterocycles. The molecule has 0 unspecified atom stereocenters. The van der Waals surface area contributed by atoms with E-state index in [-0.39, 0.29) is 24.5 Å². The van der Waals surface area contributed by atoms with E-state index in [1.54, 1.807) is 17.6 Å². The first-order chi connectivity index (χ1) is 13.7. The number of hydrazone groups is 1. The van der Waals surface area contributed by atoms with E-state index in [1.807, 2.05) is 66.0 Å². The second-order valence-electron chi connectivity index (χ2n) is 6.43. The van der Waals surface area contributed by atoms with E-state index in [4.69, 9.17) is 0 Å². The molecule has 28 heavy (non-hydrogen) atoms. The van der Waals surface area contributed by atoms with Gasteiger partial charge in [-0.25, -0.2) is 5.43 Å². The summed E-state index contributed by atoms with van der Waals surface area (Å²) in [5.41, 5.74) is 4.13. The maximum Gasteiger partial charge on any atom is 0.240 e. The molecule has 0 spiro atoms. The molecule has 4 nitrogen and oxygen atoms in total.